The Balaban J connectivity index is 1.48. The SMILES string of the molecule is CCc1nnc2n1CCN(C(=O)Cc1cn3ccsc3n1)C2. The molecule has 8 heteroatoms. The Labute approximate surface area is 131 Å². The first kappa shape index (κ1) is 13.4. The number of carbonyl (C=O) groups is 1. The molecule has 1 amide bonds. The first-order chi connectivity index (χ1) is 10.7. The molecule has 0 fully saturated rings. The minimum atomic E-state index is 0.0954. The molecular weight excluding hydrogens is 300 g/mol. The fraction of sp³-hybridized carbons (Fsp3) is 0.429. The van der Waals surface area contributed by atoms with Gasteiger partial charge in [-0.1, -0.05) is 6.92 Å². The van der Waals surface area contributed by atoms with Gasteiger partial charge in [0.2, 0.25) is 5.91 Å². The van der Waals surface area contributed by atoms with Gasteiger partial charge in [0.25, 0.3) is 0 Å². The summed E-state index contributed by atoms with van der Waals surface area (Å²) in [7, 11) is 0. The summed E-state index contributed by atoms with van der Waals surface area (Å²) in [6, 6.07) is 0. The molecule has 0 aromatic carbocycles. The second kappa shape index (κ2) is 5.20. The van der Waals surface area contributed by atoms with E-state index in [1.54, 1.807) is 11.3 Å². The fourth-order valence-corrected chi connectivity index (χ4v) is 3.54. The van der Waals surface area contributed by atoms with E-state index in [-0.39, 0.29) is 5.91 Å². The number of aryl methyl sites for hydroxylation is 1. The van der Waals surface area contributed by atoms with Gasteiger partial charge in [0.05, 0.1) is 18.7 Å². The van der Waals surface area contributed by atoms with Crippen LogP contribution in [0.5, 0.6) is 0 Å². The van der Waals surface area contributed by atoms with Gasteiger partial charge in [-0.25, -0.2) is 4.98 Å². The summed E-state index contributed by atoms with van der Waals surface area (Å²) in [5.74, 6) is 1.97. The van der Waals surface area contributed by atoms with Crippen molar-refractivity contribution in [3.63, 3.8) is 0 Å². The molecule has 0 N–H and O–H groups in total. The summed E-state index contributed by atoms with van der Waals surface area (Å²) in [6.07, 6.45) is 5.08. The van der Waals surface area contributed by atoms with E-state index < -0.39 is 0 Å². The van der Waals surface area contributed by atoms with Gasteiger partial charge in [-0.15, -0.1) is 21.5 Å². The fourth-order valence-electron chi connectivity index (χ4n) is 2.82. The van der Waals surface area contributed by atoms with E-state index in [4.69, 9.17) is 0 Å². The molecule has 1 aliphatic rings. The minimum Gasteiger partial charge on any atom is -0.333 e. The summed E-state index contributed by atoms with van der Waals surface area (Å²) >= 11 is 1.57. The first-order valence-electron chi connectivity index (χ1n) is 7.34. The molecule has 22 heavy (non-hydrogen) atoms. The quantitative estimate of drug-likeness (QED) is 0.726. The lowest BCUT2D eigenvalue weighted by Gasteiger charge is -2.27. The van der Waals surface area contributed by atoms with E-state index in [2.05, 4.69) is 26.7 Å². The smallest absolute Gasteiger partial charge is 0.229 e. The van der Waals surface area contributed by atoms with Crippen LogP contribution in [0, 0.1) is 0 Å². The number of hydrogen-bond donors (Lipinski definition) is 0. The normalized spacial score (nSPS) is 14.5. The molecule has 0 saturated carbocycles. The minimum absolute atomic E-state index is 0.0954. The van der Waals surface area contributed by atoms with Gasteiger partial charge in [0.15, 0.2) is 10.8 Å². The van der Waals surface area contributed by atoms with Gasteiger partial charge in [-0.05, 0) is 0 Å². The number of hydrogen-bond acceptors (Lipinski definition) is 5. The zero-order valence-electron chi connectivity index (χ0n) is 12.3. The van der Waals surface area contributed by atoms with Crippen molar-refractivity contribution < 1.29 is 4.79 Å². The Bertz CT molecular complexity index is 803. The monoisotopic (exact) mass is 316 g/mol. The van der Waals surface area contributed by atoms with Gasteiger partial charge < -0.3 is 9.47 Å². The molecule has 4 rings (SSSR count). The summed E-state index contributed by atoms with van der Waals surface area (Å²) in [5, 5.41) is 10.4. The molecule has 3 aromatic rings. The third-order valence-electron chi connectivity index (χ3n) is 3.97. The Kier molecular flexibility index (Phi) is 3.18. The molecule has 0 saturated heterocycles. The summed E-state index contributed by atoms with van der Waals surface area (Å²) < 4.78 is 4.07. The largest absolute Gasteiger partial charge is 0.333 e. The Morgan fingerprint density at radius 1 is 1.36 bits per heavy atom. The molecule has 0 aliphatic carbocycles. The molecule has 4 heterocycles. The molecule has 0 atom stereocenters. The number of carbonyl (C=O) groups excluding carboxylic acids is 1. The number of rotatable bonds is 3. The maximum atomic E-state index is 12.5. The molecule has 0 unspecified atom stereocenters. The number of fused-ring (bicyclic) bond motifs is 2. The highest BCUT2D eigenvalue weighted by molar-refractivity contribution is 7.15. The molecule has 0 radical (unpaired) electrons. The van der Waals surface area contributed by atoms with Crippen LogP contribution in [0.2, 0.25) is 0 Å². The summed E-state index contributed by atoms with van der Waals surface area (Å²) in [5.41, 5.74) is 0.818. The molecular formula is C14H16N6OS. The maximum absolute atomic E-state index is 12.5. The van der Waals surface area contributed by atoms with Crippen LogP contribution in [0.4, 0.5) is 0 Å². The zero-order chi connectivity index (χ0) is 15.1. The average molecular weight is 316 g/mol. The molecule has 114 valence electrons. The lowest BCUT2D eigenvalue weighted by atomic mass is 10.2. The van der Waals surface area contributed by atoms with Crippen LogP contribution in [0.3, 0.4) is 0 Å². The molecule has 3 aromatic heterocycles. The van der Waals surface area contributed by atoms with Crippen LogP contribution in [0.15, 0.2) is 17.8 Å². The van der Waals surface area contributed by atoms with Crippen LogP contribution < -0.4 is 0 Å². The third kappa shape index (κ3) is 2.19. The van der Waals surface area contributed by atoms with Crippen molar-refractivity contribution in [3.8, 4) is 0 Å². The van der Waals surface area contributed by atoms with E-state index in [0.29, 0.717) is 19.5 Å². The number of aromatic nitrogens is 5. The van der Waals surface area contributed by atoms with Crippen molar-refractivity contribution in [1.29, 1.82) is 0 Å². The van der Waals surface area contributed by atoms with E-state index in [1.165, 1.54) is 0 Å². The number of nitrogens with zero attached hydrogens (tertiary/aromatic N) is 6. The number of imidazole rings is 1. The van der Waals surface area contributed by atoms with Crippen molar-refractivity contribution in [2.24, 2.45) is 0 Å². The van der Waals surface area contributed by atoms with Crippen LogP contribution in [0.1, 0.15) is 24.3 Å². The van der Waals surface area contributed by atoms with Crippen molar-refractivity contribution in [1.82, 2.24) is 29.0 Å². The van der Waals surface area contributed by atoms with Crippen molar-refractivity contribution in [2.75, 3.05) is 6.54 Å². The Morgan fingerprint density at radius 3 is 3.09 bits per heavy atom. The highest BCUT2D eigenvalue weighted by Crippen LogP contribution is 2.16. The molecule has 7 nitrogen and oxygen atoms in total. The molecule has 1 aliphatic heterocycles. The number of amides is 1. The standard InChI is InChI=1S/C14H16N6OS/c1-2-11-16-17-12-9-18(3-4-20(11)12)13(21)7-10-8-19-5-6-22-14(19)15-10/h5-6,8H,2-4,7,9H2,1H3. The second-order valence-corrected chi connectivity index (χ2v) is 6.23. The summed E-state index contributed by atoms with van der Waals surface area (Å²) in [6.45, 7) is 4.09. The van der Waals surface area contributed by atoms with Gasteiger partial charge in [0.1, 0.15) is 5.82 Å². The highest BCUT2D eigenvalue weighted by atomic mass is 32.1. The lowest BCUT2D eigenvalue weighted by Crippen LogP contribution is -2.39. The van der Waals surface area contributed by atoms with Crippen molar-refractivity contribution in [2.45, 2.75) is 32.9 Å². The Hall–Kier alpha value is -2.22. The van der Waals surface area contributed by atoms with Crippen LogP contribution in [0.25, 0.3) is 4.96 Å². The van der Waals surface area contributed by atoms with Gasteiger partial charge in [-0.2, -0.15) is 0 Å². The van der Waals surface area contributed by atoms with E-state index in [1.807, 2.05) is 27.1 Å². The predicted molar refractivity (Wildman–Crippen MR) is 81.6 cm³/mol. The Morgan fingerprint density at radius 2 is 2.27 bits per heavy atom. The van der Waals surface area contributed by atoms with E-state index >= 15 is 0 Å². The van der Waals surface area contributed by atoms with E-state index in [9.17, 15) is 4.79 Å². The second-order valence-electron chi connectivity index (χ2n) is 5.35. The van der Waals surface area contributed by atoms with Crippen LogP contribution >= 0.6 is 11.3 Å². The number of thiazole rings is 1. The highest BCUT2D eigenvalue weighted by Gasteiger charge is 2.24. The molecule has 0 bridgehead atoms. The maximum Gasteiger partial charge on any atom is 0.229 e. The van der Waals surface area contributed by atoms with Gasteiger partial charge >= 0.3 is 0 Å². The molecule has 0 spiro atoms. The lowest BCUT2D eigenvalue weighted by molar-refractivity contribution is -0.132. The zero-order valence-corrected chi connectivity index (χ0v) is 13.1. The van der Waals surface area contributed by atoms with E-state index in [0.717, 1.165) is 35.3 Å². The van der Waals surface area contributed by atoms with Crippen molar-refractivity contribution in [3.05, 3.63) is 35.1 Å². The van der Waals surface area contributed by atoms with Gasteiger partial charge in [-0.3, -0.25) is 9.20 Å². The topological polar surface area (TPSA) is 68.3 Å². The first-order valence-corrected chi connectivity index (χ1v) is 8.22. The summed E-state index contributed by atoms with van der Waals surface area (Å²) in [4.78, 5) is 19.7. The average Bonchev–Trinajstić information content (AvgIpc) is 3.19. The predicted octanol–water partition coefficient (Wildman–Crippen LogP) is 1.13. The van der Waals surface area contributed by atoms with Gasteiger partial charge in [0, 0.05) is 37.3 Å². The van der Waals surface area contributed by atoms with Crippen LogP contribution in [-0.4, -0.2) is 41.5 Å². The third-order valence-corrected chi connectivity index (χ3v) is 4.74. The van der Waals surface area contributed by atoms with Crippen molar-refractivity contribution >= 4 is 22.2 Å². The van der Waals surface area contributed by atoms with Crippen LogP contribution in [-0.2, 0) is 30.7 Å².